The molecule has 0 aromatic rings. The van der Waals surface area contributed by atoms with Gasteiger partial charge in [0.05, 0.1) is 24.5 Å². The predicted octanol–water partition coefficient (Wildman–Crippen LogP) is 2.36. The Bertz CT molecular complexity index is 796. The van der Waals surface area contributed by atoms with Crippen molar-refractivity contribution in [3.63, 3.8) is 0 Å². The molecule has 1 spiro atoms. The number of likely N-dealkylation sites (tertiary alicyclic amines) is 2. The van der Waals surface area contributed by atoms with E-state index in [0.29, 0.717) is 26.1 Å². The molecule has 8 nitrogen and oxygen atoms in total. The molecule has 0 aromatic heterocycles. The number of allylic oxidation sites excluding steroid dienone is 1. The molecule has 4 saturated heterocycles. The molecular formula is C24H36N2O6. The van der Waals surface area contributed by atoms with Crippen LogP contribution in [0.5, 0.6) is 0 Å². The lowest BCUT2D eigenvalue weighted by Crippen LogP contribution is -2.60. The van der Waals surface area contributed by atoms with E-state index < -0.39 is 0 Å². The lowest BCUT2D eigenvalue weighted by Gasteiger charge is -2.45. The maximum absolute atomic E-state index is 12.8. The first kappa shape index (κ1) is 22.2. The van der Waals surface area contributed by atoms with Crippen molar-refractivity contribution in [1.82, 2.24) is 9.80 Å². The van der Waals surface area contributed by atoms with E-state index >= 15 is 0 Å². The summed E-state index contributed by atoms with van der Waals surface area (Å²) in [7, 11) is 1.68. The van der Waals surface area contributed by atoms with Crippen LogP contribution in [-0.2, 0) is 23.7 Å². The van der Waals surface area contributed by atoms with Gasteiger partial charge in [-0.15, -0.1) is 0 Å². The Morgan fingerprint density at radius 2 is 1.91 bits per heavy atom. The smallest absolute Gasteiger partial charge is 0.410 e. The van der Waals surface area contributed by atoms with Gasteiger partial charge in [0.25, 0.3) is 0 Å². The summed E-state index contributed by atoms with van der Waals surface area (Å²) in [6.45, 7) is 9.62. The molecule has 6 atom stereocenters. The van der Waals surface area contributed by atoms with Crippen LogP contribution in [-0.4, -0.2) is 91.2 Å². The summed E-state index contributed by atoms with van der Waals surface area (Å²) in [6.07, 6.45) is 4.85. The molecule has 8 heteroatoms. The number of carbonyl (C=O) groups is 2. The Kier molecular flexibility index (Phi) is 5.54. The minimum Gasteiger partial charge on any atom is -0.443 e. The van der Waals surface area contributed by atoms with Crippen molar-refractivity contribution >= 4 is 12.0 Å². The molecule has 2 amide bonds. The minimum atomic E-state index is -0.348. The second kappa shape index (κ2) is 7.99. The van der Waals surface area contributed by atoms with Gasteiger partial charge in [-0.25, -0.2) is 4.79 Å². The number of amides is 2. The van der Waals surface area contributed by atoms with Crippen molar-refractivity contribution in [2.45, 2.75) is 76.0 Å². The average molecular weight is 449 g/mol. The van der Waals surface area contributed by atoms with Crippen LogP contribution in [0.2, 0.25) is 0 Å². The minimum absolute atomic E-state index is 0.0132. The zero-order valence-electron chi connectivity index (χ0n) is 19.7. The topological polar surface area (TPSA) is 84.1 Å². The summed E-state index contributed by atoms with van der Waals surface area (Å²) >= 11 is 0. The Balaban J connectivity index is 1.21. The molecule has 178 valence electrons. The van der Waals surface area contributed by atoms with Crippen LogP contribution in [0.25, 0.3) is 0 Å². The highest BCUT2D eigenvalue weighted by molar-refractivity contribution is 5.83. The fraction of sp³-hybridized carbons (Fsp3) is 0.833. The first-order valence-electron chi connectivity index (χ1n) is 12.0. The van der Waals surface area contributed by atoms with Gasteiger partial charge in [-0.05, 0) is 46.5 Å². The monoisotopic (exact) mass is 448 g/mol. The Morgan fingerprint density at radius 3 is 2.47 bits per heavy atom. The SMILES string of the molecule is CO[C@H]1C([C@@]2(C)O[C@@H]2CC=C(C)C)[C@]2(CC[C@H]1OC(=O)N1CC(C(=O)N3CCC3)C1)CO2. The summed E-state index contributed by atoms with van der Waals surface area (Å²) in [5, 5.41) is 0. The quantitative estimate of drug-likeness (QED) is 0.458. The largest absolute Gasteiger partial charge is 0.443 e. The average Bonchev–Trinajstić information content (AvgIpc) is 3.56. The van der Waals surface area contributed by atoms with E-state index in [-0.39, 0.29) is 53.4 Å². The Labute approximate surface area is 190 Å². The molecule has 32 heavy (non-hydrogen) atoms. The third-order valence-corrected chi connectivity index (χ3v) is 8.15. The molecule has 1 unspecified atom stereocenters. The standard InChI is InChI=1S/C24H36N2O6/c1-15(2)6-7-18-23(3,32-18)20-19(29-4)17(8-9-24(20)14-30-24)31-22(28)26-12-16(13-26)21(27)25-10-5-11-25/h6,16-20H,5,7-14H2,1-4H3/t17-,18-,19-,20?,23+,24+/m1/s1. The van der Waals surface area contributed by atoms with E-state index in [1.807, 2.05) is 4.90 Å². The number of carbonyl (C=O) groups excluding carboxylic acids is 2. The molecule has 0 bridgehead atoms. The van der Waals surface area contributed by atoms with Crippen molar-refractivity contribution in [3.8, 4) is 0 Å². The van der Waals surface area contributed by atoms with Crippen LogP contribution in [0.4, 0.5) is 4.79 Å². The fourth-order valence-electron chi connectivity index (χ4n) is 5.85. The molecule has 5 rings (SSSR count). The van der Waals surface area contributed by atoms with Crippen LogP contribution in [0.1, 0.15) is 46.5 Å². The second-order valence-electron chi connectivity index (χ2n) is 10.6. The van der Waals surface area contributed by atoms with E-state index in [1.54, 1.807) is 12.0 Å². The highest BCUT2D eigenvalue weighted by Gasteiger charge is 2.72. The Morgan fingerprint density at radius 1 is 1.19 bits per heavy atom. The van der Waals surface area contributed by atoms with E-state index in [0.717, 1.165) is 32.4 Å². The van der Waals surface area contributed by atoms with Gasteiger partial charge in [0.15, 0.2) is 0 Å². The summed E-state index contributed by atoms with van der Waals surface area (Å²) in [5.74, 6) is 0.0963. The number of hydrogen-bond acceptors (Lipinski definition) is 6. The highest BCUT2D eigenvalue weighted by Crippen LogP contribution is 2.59. The van der Waals surface area contributed by atoms with Crippen molar-refractivity contribution in [2.24, 2.45) is 11.8 Å². The van der Waals surface area contributed by atoms with Gasteiger partial charge in [-0.1, -0.05) is 11.6 Å². The molecular weight excluding hydrogens is 412 g/mol. The summed E-state index contributed by atoms with van der Waals surface area (Å²) < 4.78 is 24.1. The van der Waals surface area contributed by atoms with E-state index in [9.17, 15) is 9.59 Å². The number of nitrogens with zero attached hydrogens (tertiary/aromatic N) is 2. The summed E-state index contributed by atoms with van der Waals surface area (Å²) in [6, 6.07) is 0. The fourth-order valence-corrected chi connectivity index (χ4v) is 5.85. The van der Waals surface area contributed by atoms with Crippen molar-refractivity contribution in [3.05, 3.63) is 11.6 Å². The molecule has 1 aliphatic carbocycles. The number of hydrogen-bond donors (Lipinski definition) is 0. The van der Waals surface area contributed by atoms with Crippen LogP contribution in [0, 0.1) is 11.8 Å². The third kappa shape index (κ3) is 3.74. The van der Waals surface area contributed by atoms with Crippen molar-refractivity contribution in [2.75, 3.05) is 39.9 Å². The number of ether oxygens (including phenoxy) is 4. The zero-order valence-corrected chi connectivity index (χ0v) is 19.7. The first-order valence-corrected chi connectivity index (χ1v) is 12.0. The van der Waals surface area contributed by atoms with Gasteiger partial charge in [0, 0.05) is 33.3 Å². The predicted molar refractivity (Wildman–Crippen MR) is 116 cm³/mol. The van der Waals surface area contributed by atoms with Crippen LogP contribution >= 0.6 is 0 Å². The van der Waals surface area contributed by atoms with E-state index in [2.05, 4.69) is 26.8 Å². The first-order chi connectivity index (χ1) is 15.3. The van der Waals surface area contributed by atoms with Gasteiger partial charge >= 0.3 is 6.09 Å². The van der Waals surface area contributed by atoms with E-state index in [4.69, 9.17) is 18.9 Å². The zero-order chi connectivity index (χ0) is 22.7. The van der Waals surface area contributed by atoms with Gasteiger partial charge in [0.2, 0.25) is 5.91 Å². The van der Waals surface area contributed by atoms with Gasteiger partial charge in [-0.3, -0.25) is 4.79 Å². The molecule has 0 N–H and O–H groups in total. The van der Waals surface area contributed by atoms with Crippen LogP contribution in [0.15, 0.2) is 11.6 Å². The summed E-state index contributed by atoms with van der Waals surface area (Å²) in [4.78, 5) is 28.7. The van der Waals surface area contributed by atoms with Crippen molar-refractivity contribution in [1.29, 1.82) is 0 Å². The normalized spacial score (nSPS) is 40.4. The molecule has 5 aliphatic rings. The maximum atomic E-state index is 12.8. The Hall–Kier alpha value is -1.64. The highest BCUT2D eigenvalue weighted by atomic mass is 16.6. The molecule has 1 saturated carbocycles. The maximum Gasteiger partial charge on any atom is 0.410 e. The number of methoxy groups -OCH3 is 1. The van der Waals surface area contributed by atoms with Gasteiger partial charge in [0.1, 0.15) is 23.4 Å². The number of rotatable bonds is 6. The number of epoxide rings is 2. The second-order valence-corrected chi connectivity index (χ2v) is 10.6. The summed E-state index contributed by atoms with van der Waals surface area (Å²) in [5.41, 5.74) is 0.697. The molecule has 0 aromatic carbocycles. The molecule has 4 heterocycles. The van der Waals surface area contributed by atoms with E-state index in [1.165, 1.54) is 5.57 Å². The molecule has 5 fully saturated rings. The van der Waals surface area contributed by atoms with Crippen LogP contribution < -0.4 is 0 Å². The third-order valence-electron chi connectivity index (χ3n) is 8.15. The molecule has 0 radical (unpaired) electrons. The lowest BCUT2D eigenvalue weighted by molar-refractivity contribution is -0.146. The van der Waals surface area contributed by atoms with Crippen LogP contribution in [0.3, 0.4) is 0 Å². The van der Waals surface area contributed by atoms with Gasteiger partial charge in [-0.2, -0.15) is 0 Å². The van der Waals surface area contributed by atoms with Gasteiger partial charge < -0.3 is 28.7 Å². The van der Waals surface area contributed by atoms with Crippen molar-refractivity contribution < 1.29 is 28.5 Å². The lowest BCUT2D eigenvalue weighted by atomic mass is 9.68. The molecule has 4 aliphatic heterocycles.